The zero-order valence-corrected chi connectivity index (χ0v) is 12.5. The Morgan fingerprint density at radius 2 is 2.14 bits per heavy atom. The fraction of sp³-hybridized carbons (Fsp3) is 0.600. The third-order valence-electron chi connectivity index (χ3n) is 3.66. The molecular formula is C15H20N4O2. The highest BCUT2D eigenvalue weighted by molar-refractivity contribution is 5.20. The maximum atomic E-state index is 12.1. The number of nitrogens with zero attached hydrogens (tertiary/aromatic N) is 4. The lowest BCUT2D eigenvalue weighted by molar-refractivity contribution is 0.357. The average Bonchev–Trinajstić information content (AvgIpc) is 2.86. The van der Waals surface area contributed by atoms with E-state index in [9.17, 15) is 4.79 Å². The van der Waals surface area contributed by atoms with E-state index in [4.69, 9.17) is 4.52 Å². The van der Waals surface area contributed by atoms with Crippen molar-refractivity contribution in [3.63, 3.8) is 0 Å². The molecule has 1 aliphatic rings. The van der Waals surface area contributed by atoms with Gasteiger partial charge in [-0.2, -0.15) is 10.1 Å². The van der Waals surface area contributed by atoms with E-state index in [1.165, 1.54) is 4.68 Å². The van der Waals surface area contributed by atoms with Crippen molar-refractivity contribution in [2.75, 3.05) is 0 Å². The summed E-state index contributed by atoms with van der Waals surface area (Å²) >= 11 is 0. The standard InChI is InChI=1S/C15H20N4O2/c1-10(2)7-14-16-13(18-21-14)9-19-15(20)8-11-5-3-4-6-12(11)17-19/h8,10H,3-7,9H2,1-2H3. The zero-order chi connectivity index (χ0) is 14.8. The highest BCUT2D eigenvalue weighted by Gasteiger charge is 2.15. The van der Waals surface area contributed by atoms with Gasteiger partial charge in [-0.05, 0) is 37.2 Å². The lowest BCUT2D eigenvalue weighted by Gasteiger charge is -2.15. The van der Waals surface area contributed by atoms with Gasteiger partial charge in [0.2, 0.25) is 5.89 Å². The average molecular weight is 288 g/mol. The van der Waals surface area contributed by atoms with Crippen LogP contribution in [0.5, 0.6) is 0 Å². The number of hydrogen-bond acceptors (Lipinski definition) is 5. The molecule has 2 aromatic rings. The molecule has 2 heterocycles. The first-order chi connectivity index (χ1) is 10.1. The molecule has 2 aromatic heterocycles. The first kappa shape index (κ1) is 14.0. The van der Waals surface area contributed by atoms with Crippen LogP contribution in [-0.2, 0) is 25.8 Å². The molecule has 6 heteroatoms. The Balaban J connectivity index is 1.81. The van der Waals surface area contributed by atoms with Crippen molar-refractivity contribution >= 4 is 0 Å². The van der Waals surface area contributed by atoms with Crippen molar-refractivity contribution in [1.82, 2.24) is 19.9 Å². The Bertz CT molecular complexity index is 687. The molecule has 0 radical (unpaired) electrons. The van der Waals surface area contributed by atoms with E-state index in [2.05, 4.69) is 29.1 Å². The molecule has 21 heavy (non-hydrogen) atoms. The van der Waals surface area contributed by atoms with Crippen LogP contribution in [-0.4, -0.2) is 19.9 Å². The van der Waals surface area contributed by atoms with Gasteiger partial charge in [-0.15, -0.1) is 0 Å². The van der Waals surface area contributed by atoms with Gasteiger partial charge in [-0.3, -0.25) is 4.79 Å². The third kappa shape index (κ3) is 3.20. The fourth-order valence-corrected chi connectivity index (χ4v) is 2.63. The molecule has 0 atom stereocenters. The monoisotopic (exact) mass is 288 g/mol. The van der Waals surface area contributed by atoms with Crippen LogP contribution in [0.15, 0.2) is 15.4 Å². The molecule has 0 spiro atoms. The van der Waals surface area contributed by atoms with Crippen molar-refractivity contribution in [2.24, 2.45) is 5.92 Å². The predicted molar refractivity (Wildman–Crippen MR) is 77.1 cm³/mol. The number of rotatable bonds is 4. The minimum Gasteiger partial charge on any atom is -0.339 e. The molecule has 1 aliphatic carbocycles. The Morgan fingerprint density at radius 1 is 1.33 bits per heavy atom. The second kappa shape index (κ2) is 5.79. The van der Waals surface area contributed by atoms with Gasteiger partial charge in [0.25, 0.3) is 5.56 Å². The first-order valence-corrected chi connectivity index (χ1v) is 7.53. The first-order valence-electron chi connectivity index (χ1n) is 7.53. The van der Waals surface area contributed by atoms with Gasteiger partial charge in [0.15, 0.2) is 5.82 Å². The predicted octanol–water partition coefficient (Wildman–Crippen LogP) is 1.75. The zero-order valence-electron chi connectivity index (χ0n) is 12.5. The van der Waals surface area contributed by atoms with E-state index in [1.54, 1.807) is 6.07 Å². The van der Waals surface area contributed by atoms with Gasteiger partial charge in [-0.1, -0.05) is 19.0 Å². The highest BCUT2D eigenvalue weighted by Crippen LogP contribution is 2.17. The summed E-state index contributed by atoms with van der Waals surface area (Å²) in [6.45, 7) is 4.46. The largest absolute Gasteiger partial charge is 0.339 e. The molecule has 0 bridgehead atoms. The number of aryl methyl sites for hydroxylation is 2. The minimum atomic E-state index is -0.0918. The van der Waals surface area contributed by atoms with E-state index in [-0.39, 0.29) is 12.1 Å². The van der Waals surface area contributed by atoms with E-state index >= 15 is 0 Å². The molecule has 0 N–H and O–H groups in total. The second-order valence-electron chi connectivity index (χ2n) is 6.02. The summed E-state index contributed by atoms with van der Waals surface area (Å²) < 4.78 is 6.63. The lowest BCUT2D eigenvalue weighted by Crippen LogP contribution is -2.27. The number of fused-ring (bicyclic) bond motifs is 1. The molecular weight excluding hydrogens is 268 g/mol. The maximum absolute atomic E-state index is 12.1. The van der Waals surface area contributed by atoms with E-state index in [0.29, 0.717) is 17.6 Å². The summed E-state index contributed by atoms with van der Waals surface area (Å²) in [5.41, 5.74) is 2.04. The van der Waals surface area contributed by atoms with Crippen LogP contribution in [0.3, 0.4) is 0 Å². The van der Waals surface area contributed by atoms with Crippen LogP contribution >= 0.6 is 0 Å². The molecule has 0 fully saturated rings. The van der Waals surface area contributed by atoms with Gasteiger partial charge in [-0.25, -0.2) is 4.68 Å². The lowest BCUT2D eigenvalue weighted by atomic mass is 9.97. The van der Waals surface area contributed by atoms with E-state index in [1.807, 2.05) is 0 Å². The number of hydrogen-bond donors (Lipinski definition) is 0. The quantitative estimate of drug-likeness (QED) is 0.857. The molecule has 0 amide bonds. The Hall–Kier alpha value is -1.98. The summed E-state index contributed by atoms with van der Waals surface area (Å²) in [4.78, 5) is 16.4. The highest BCUT2D eigenvalue weighted by atomic mass is 16.5. The van der Waals surface area contributed by atoms with Gasteiger partial charge >= 0.3 is 0 Å². The van der Waals surface area contributed by atoms with E-state index < -0.39 is 0 Å². The van der Waals surface area contributed by atoms with Gasteiger partial charge in [0.1, 0.15) is 6.54 Å². The number of aromatic nitrogens is 4. The molecule has 0 saturated carbocycles. The van der Waals surface area contributed by atoms with Gasteiger partial charge in [0.05, 0.1) is 5.69 Å². The van der Waals surface area contributed by atoms with Crippen molar-refractivity contribution in [1.29, 1.82) is 0 Å². The topological polar surface area (TPSA) is 73.8 Å². The van der Waals surface area contributed by atoms with Gasteiger partial charge in [0, 0.05) is 12.5 Å². The molecule has 112 valence electrons. The van der Waals surface area contributed by atoms with E-state index in [0.717, 1.165) is 43.4 Å². The smallest absolute Gasteiger partial charge is 0.267 e. The van der Waals surface area contributed by atoms with Crippen LogP contribution in [0.1, 0.15) is 49.7 Å². The van der Waals surface area contributed by atoms with Crippen molar-refractivity contribution in [2.45, 2.75) is 52.5 Å². The molecule has 6 nitrogen and oxygen atoms in total. The van der Waals surface area contributed by atoms with Crippen molar-refractivity contribution in [3.8, 4) is 0 Å². The SMILES string of the molecule is CC(C)Cc1nc(Cn2nc3c(cc2=O)CCCC3)no1. The van der Waals surface area contributed by atoms with Crippen LogP contribution in [0, 0.1) is 5.92 Å². The third-order valence-corrected chi connectivity index (χ3v) is 3.66. The Kier molecular flexibility index (Phi) is 3.86. The van der Waals surface area contributed by atoms with Gasteiger partial charge < -0.3 is 4.52 Å². The summed E-state index contributed by atoms with van der Waals surface area (Å²) in [6.07, 6.45) is 4.93. The minimum absolute atomic E-state index is 0.0918. The summed E-state index contributed by atoms with van der Waals surface area (Å²) in [5.74, 6) is 1.59. The normalized spacial score (nSPS) is 14.4. The maximum Gasteiger partial charge on any atom is 0.267 e. The molecule has 0 unspecified atom stereocenters. The van der Waals surface area contributed by atoms with Crippen LogP contribution in [0.25, 0.3) is 0 Å². The van der Waals surface area contributed by atoms with Crippen LogP contribution in [0.2, 0.25) is 0 Å². The molecule has 0 aromatic carbocycles. The van der Waals surface area contributed by atoms with Crippen molar-refractivity contribution < 1.29 is 4.52 Å². The second-order valence-corrected chi connectivity index (χ2v) is 6.02. The van der Waals surface area contributed by atoms with Crippen molar-refractivity contribution in [3.05, 3.63) is 39.4 Å². The fourth-order valence-electron chi connectivity index (χ4n) is 2.63. The summed E-state index contributed by atoms with van der Waals surface area (Å²) in [6, 6.07) is 1.70. The molecule has 0 aliphatic heterocycles. The molecule has 0 saturated heterocycles. The van der Waals surface area contributed by atoms with Crippen LogP contribution in [0.4, 0.5) is 0 Å². The summed E-state index contributed by atoms with van der Waals surface area (Å²) in [7, 11) is 0. The van der Waals surface area contributed by atoms with Crippen LogP contribution < -0.4 is 5.56 Å². The Morgan fingerprint density at radius 3 is 2.95 bits per heavy atom. The Labute approximate surface area is 123 Å². The molecule has 3 rings (SSSR count). The summed E-state index contributed by atoms with van der Waals surface area (Å²) in [5, 5.41) is 8.39.